The van der Waals surface area contributed by atoms with Crippen molar-refractivity contribution in [2.24, 2.45) is 7.05 Å². The monoisotopic (exact) mass is 248 g/mol. The molecule has 0 fully saturated rings. The molecule has 2 aromatic heterocycles. The van der Waals surface area contributed by atoms with E-state index < -0.39 is 0 Å². The molecule has 1 amide bonds. The maximum atomic E-state index is 11.9. The maximum absolute atomic E-state index is 11.9. The van der Waals surface area contributed by atoms with Gasteiger partial charge in [0.05, 0.1) is 17.9 Å². The van der Waals surface area contributed by atoms with Gasteiger partial charge in [-0.25, -0.2) is 0 Å². The Kier molecular flexibility index (Phi) is 3.31. The lowest BCUT2D eigenvalue weighted by atomic mass is 10.3. The number of aryl methyl sites for hydroxylation is 2. The molecule has 0 radical (unpaired) electrons. The zero-order valence-electron chi connectivity index (χ0n) is 10.4. The van der Waals surface area contributed by atoms with Gasteiger partial charge in [0.15, 0.2) is 0 Å². The van der Waals surface area contributed by atoms with Crippen LogP contribution in [0.2, 0.25) is 0 Å². The number of carbonyl (C=O) groups excluding carboxylic acids is 1. The predicted molar refractivity (Wildman–Crippen MR) is 66.9 cm³/mol. The molecule has 0 unspecified atom stereocenters. The van der Waals surface area contributed by atoms with Gasteiger partial charge in [0, 0.05) is 26.0 Å². The second-order valence-corrected chi connectivity index (χ2v) is 4.00. The van der Waals surface area contributed by atoms with Crippen LogP contribution in [0.1, 0.15) is 16.2 Å². The molecule has 2 heterocycles. The van der Waals surface area contributed by atoms with E-state index in [1.54, 1.807) is 24.9 Å². The average molecular weight is 248 g/mol. The van der Waals surface area contributed by atoms with Gasteiger partial charge < -0.3 is 11.1 Å². The van der Waals surface area contributed by atoms with Crippen LogP contribution in [-0.2, 0) is 13.6 Å². The van der Waals surface area contributed by atoms with Crippen LogP contribution in [0.25, 0.3) is 0 Å². The van der Waals surface area contributed by atoms with E-state index in [0.29, 0.717) is 30.2 Å². The Bertz CT molecular complexity index is 542. The first-order valence-corrected chi connectivity index (χ1v) is 5.64. The van der Waals surface area contributed by atoms with Gasteiger partial charge >= 0.3 is 0 Å². The molecule has 0 aromatic carbocycles. The quantitative estimate of drug-likeness (QED) is 0.793. The Hall–Kier alpha value is -2.31. The van der Waals surface area contributed by atoms with Crippen molar-refractivity contribution < 1.29 is 4.79 Å². The second-order valence-electron chi connectivity index (χ2n) is 4.00. The molecule has 0 bridgehead atoms. The molecule has 0 atom stereocenters. The topological polar surface area (TPSA) is 90.8 Å². The number of carbonyl (C=O) groups is 1. The Morgan fingerprint density at radius 1 is 1.56 bits per heavy atom. The van der Waals surface area contributed by atoms with Gasteiger partial charge in [-0.05, 0) is 13.0 Å². The van der Waals surface area contributed by atoms with Crippen molar-refractivity contribution in [3.8, 4) is 0 Å². The zero-order chi connectivity index (χ0) is 13.1. The lowest BCUT2D eigenvalue weighted by Crippen LogP contribution is -2.29. The number of aromatic nitrogens is 4. The number of amides is 1. The molecule has 0 aliphatic carbocycles. The van der Waals surface area contributed by atoms with Crippen LogP contribution < -0.4 is 11.1 Å². The Morgan fingerprint density at radius 3 is 2.89 bits per heavy atom. The average Bonchev–Trinajstić information content (AvgIpc) is 2.89. The van der Waals surface area contributed by atoms with Crippen LogP contribution in [0.4, 0.5) is 5.69 Å². The van der Waals surface area contributed by atoms with Crippen LogP contribution >= 0.6 is 0 Å². The van der Waals surface area contributed by atoms with Crippen LogP contribution in [0, 0.1) is 6.92 Å². The molecule has 2 aromatic rings. The van der Waals surface area contributed by atoms with E-state index >= 15 is 0 Å². The molecule has 0 aliphatic rings. The summed E-state index contributed by atoms with van der Waals surface area (Å²) in [5.41, 5.74) is 7.29. The van der Waals surface area contributed by atoms with Gasteiger partial charge in [0.2, 0.25) is 0 Å². The third-order valence-corrected chi connectivity index (χ3v) is 2.67. The molecular formula is C11H16N6O. The highest BCUT2D eigenvalue weighted by atomic mass is 16.2. The number of nitrogens with zero attached hydrogens (tertiary/aromatic N) is 4. The minimum absolute atomic E-state index is 0.220. The van der Waals surface area contributed by atoms with Crippen molar-refractivity contribution in [1.29, 1.82) is 0 Å². The third-order valence-electron chi connectivity index (χ3n) is 2.67. The molecule has 0 aliphatic heterocycles. The molecule has 18 heavy (non-hydrogen) atoms. The summed E-state index contributed by atoms with van der Waals surface area (Å²) in [5, 5.41) is 10.9. The highest BCUT2D eigenvalue weighted by Gasteiger charge is 2.17. The highest BCUT2D eigenvalue weighted by Crippen LogP contribution is 2.14. The summed E-state index contributed by atoms with van der Waals surface area (Å²) < 4.78 is 3.24. The fourth-order valence-corrected chi connectivity index (χ4v) is 1.74. The van der Waals surface area contributed by atoms with E-state index in [9.17, 15) is 4.79 Å². The number of nitrogens with one attached hydrogen (secondary N) is 1. The summed E-state index contributed by atoms with van der Waals surface area (Å²) in [6.45, 7) is 2.88. The van der Waals surface area contributed by atoms with Crippen molar-refractivity contribution >= 4 is 11.6 Å². The van der Waals surface area contributed by atoms with Gasteiger partial charge in [-0.1, -0.05) is 0 Å². The third kappa shape index (κ3) is 2.34. The number of nitrogens with two attached hydrogens (primary N) is 1. The second kappa shape index (κ2) is 4.91. The van der Waals surface area contributed by atoms with Crippen molar-refractivity contribution in [3.05, 3.63) is 29.8 Å². The summed E-state index contributed by atoms with van der Waals surface area (Å²) in [6, 6.07) is 1.84. The summed E-state index contributed by atoms with van der Waals surface area (Å²) >= 11 is 0. The van der Waals surface area contributed by atoms with Crippen molar-refractivity contribution in [3.63, 3.8) is 0 Å². The Labute approximate surface area is 105 Å². The Morgan fingerprint density at radius 2 is 2.33 bits per heavy atom. The zero-order valence-corrected chi connectivity index (χ0v) is 10.4. The number of hydrogen-bond acceptors (Lipinski definition) is 4. The summed E-state index contributed by atoms with van der Waals surface area (Å²) in [5.74, 6) is -0.220. The molecular weight excluding hydrogens is 232 g/mol. The van der Waals surface area contributed by atoms with Crippen LogP contribution in [0.15, 0.2) is 18.5 Å². The standard InChI is InChI=1S/C11H16N6O/c1-8-9(12)10(16(2)15-8)11(18)13-5-7-17-6-3-4-14-17/h3-4,6H,5,7,12H2,1-2H3,(H,13,18). The molecule has 2 rings (SSSR count). The summed E-state index contributed by atoms with van der Waals surface area (Å²) in [7, 11) is 1.70. The molecule has 7 heteroatoms. The first kappa shape index (κ1) is 12.2. The van der Waals surface area contributed by atoms with Crippen LogP contribution in [0.5, 0.6) is 0 Å². The van der Waals surface area contributed by atoms with Crippen molar-refractivity contribution in [2.45, 2.75) is 13.5 Å². The normalized spacial score (nSPS) is 10.6. The first-order chi connectivity index (χ1) is 8.59. The van der Waals surface area contributed by atoms with Gasteiger partial charge in [0.1, 0.15) is 5.69 Å². The van der Waals surface area contributed by atoms with E-state index in [0.717, 1.165) is 0 Å². The van der Waals surface area contributed by atoms with Gasteiger partial charge in [0.25, 0.3) is 5.91 Å². The first-order valence-electron chi connectivity index (χ1n) is 5.64. The fourth-order valence-electron chi connectivity index (χ4n) is 1.74. The maximum Gasteiger partial charge on any atom is 0.271 e. The minimum Gasteiger partial charge on any atom is -0.395 e. The smallest absolute Gasteiger partial charge is 0.271 e. The minimum atomic E-state index is -0.220. The number of rotatable bonds is 4. The van der Waals surface area contributed by atoms with Crippen molar-refractivity contribution in [1.82, 2.24) is 24.9 Å². The SMILES string of the molecule is Cc1nn(C)c(C(=O)NCCn2cccn2)c1N. The van der Waals surface area contributed by atoms with Crippen LogP contribution in [-0.4, -0.2) is 32.0 Å². The number of hydrogen-bond donors (Lipinski definition) is 2. The summed E-state index contributed by atoms with van der Waals surface area (Å²) in [6.07, 6.45) is 3.54. The fraction of sp³-hybridized carbons (Fsp3) is 0.364. The molecule has 96 valence electrons. The highest BCUT2D eigenvalue weighted by molar-refractivity contribution is 5.97. The molecule has 0 saturated heterocycles. The van der Waals surface area contributed by atoms with E-state index in [-0.39, 0.29) is 5.91 Å². The van der Waals surface area contributed by atoms with Gasteiger partial charge in [-0.3, -0.25) is 14.2 Å². The predicted octanol–water partition coefficient (Wildman–Crippen LogP) is -0.0628. The van der Waals surface area contributed by atoms with E-state index in [4.69, 9.17) is 5.73 Å². The van der Waals surface area contributed by atoms with Crippen LogP contribution in [0.3, 0.4) is 0 Å². The van der Waals surface area contributed by atoms with E-state index in [2.05, 4.69) is 15.5 Å². The largest absolute Gasteiger partial charge is 0.395 e. The van der Waals surface area contributed by atoms with E-state index in [1.807, 2.05) is 12.3 Å². The molecule has 7 nitrogen and oxygen atoms in total. The number of nitrogen functional groups attached to an aromatic ring is 1. The number of anilines is 1. The molecule has 3 N–H and O–H groups in total. The van der Waals surface area contributed by atoms with Crippen molar-refractivity contribution in [2.75, 3.05) is 12.3 Å². The Balaban J connectivity index is 1.95. The lowest BCUT2D eigenvalue weighted by Gasteiger charge is -2.06. The molecule has 0 spiro atoms. The van der Waals surface area contributed by atoms with E-state index in [1.165, 1.54) is 4.68 Å². The summed E-state index contributed by atoms with van der Waals surface area (Å²) in [4.78, 5) is 11.9. The van der Waals surface area contributed by atoms with Gasteiger partial charge in [-0.15, -0.1) is 0 Å². The lowest BCUT2D eigenvalue weighted by molar-refractivity contribution is 0.0943. The molecule has 0 saturated carbocycles. The van der Waals surface area contributed by atoms with Gasteiger partial charge in [-0.2, -0.15) is 10.2 Å².